The molecule has 18 heavy (non-hydrogen) atoms. The zero-order valence-electron chi connectivity index (χ0n) is 10.1. The van der Waals surface area contributed by atoms with E-state index < -0.39 is 11.6 Å². The second-order valence-corrected chi connectivity index (χ2v) is 4.07. The Morgan fingerprint density at radius 3 is 2.44 bits per heavy atom. The van der Waals surface area contributed by atoms with Crippen molar-refractivity contribution in [2.45, 2.75) is 20.0 Å². The van der Waals surface area contributed by atoms with E-state index in [-0.39, 0.29) is 12.1 Å². The smallest absolute Gasteiger partial charge is 0.130 e. The van der Waals surface area contributed by atoms with Crippen molar-refractivity contribution in [1.82, 2.24) is 10.3 Å². The Hall–Kier alpha value is -1.81. The minimum absolute atomic E-state index is 0.0612. The molecule has 2 nitrogen and oxygen atoms in total. The van der Waals surface area contributed by atoms with Gasteiger partial charge in [0, 0.05) is 24.8 Å². The van der Waals surface area contributed by atoms with Gasteiger partial charge in [-0.05, 0) is 30.7 Å². The number of hydrogen-bond acceptors (Lipinski definition) is 2. The number of benzene rings is 1. The fraction of sp³-hybridized carbons (Fsp3) is 0.214. The third-order valence-corrected chi connectivity index (χ3v) is 2.77. The number of nitrogens with one attached hydrogen (secondary N) is 1. The predicted octanol–water partition coefficient (Wildman–Crippen LogP) is 2.96. The van der Waals surface area contributed by atoms with Crippen LogP contribution in [-0.4, -0.2) is 4.98 Å². The van der Waals surface area contributed by atoms with Crippen molar-refractivity contribution in [1.29, 1.82) is 0 Å². The number of aromatic nitrogens is 1. The number of pyridine rings is 1. The van der Waals surface area contributed by atoms with Crippen molar-refractivity contribution in [3.8, 4) is 0 Å². The summed E-state index contributed by atoms with van der Waals surface area (Å²) >= 11 is 0. The largest absolute Gasteiger partial charge is 0.307 e. The first kappa shape index (κ1) is 12.6. The van der Waals surface area contributed by atoms with E-state index >= 15 is 0 Å². The lowest BCUT2D eigenvalue weighted by Crippen LogP contribution is -2.16. The summed E-state index contributed by atoms with van der Waals surface area (Å²) in [4.78, 5) is 4.20. The van der Waals surface area contributed by atoms with Crippen LogP contribution in [0.3, 0.4) is 0 Å². The molecule has 94 valence electrons. The highest BCUT2D eigenvalue weighted by atomic mass is 19.1. The quantitative estimate of drug-likeness (QED) is 0.899. The molecule has 1 aromatic carbocycles. The molecular formula is C14H14F2N2. The predicted molar refractivity (Wildman–Crippen MR) is 65.9 cm³/mol. The first-order valence-corrected chi connectivity index (χ1v) is 5.72. The van der Waals surface area contributed by atoms with Crippen molar-refractivity contribution in [3.63, 3.8) is 0 Å². The van der Waals surface area contributed by atoms with Crippen molar-refractivity contribution >= 4 is 0 Å². The third kappa shape index (κ3) is 2.90. The van der Waals surface area contributed by atoms with Gasteiger partial charge in [-0.3, -0.25) is 4.98 Å². The van der Waals surface area contributed by atoms with Gasteiger partial charge < -0.3 is 5.32 Å². The normalized spacial score (nSPS) is 10.6. The van der Waals surface area contributed by atoms with Crippen LogP contribution in [0.25, 0.3) is 0 Å². The van der Waals surface area contributed by atoms with Gasteiger partial charge in [-0.25, -0.2) is 8.78 Å². The van der Waals surface area contributed by atoms with Gasteiger partial charge in [0.25, 0.3) is 0 Å². The van der Waals surface area contributed by atoms with E-state index in [1.165, 1.54) is 18.2 Å². The van der Waals surface area contributed by atoms with E-state index in [1.54, 1.807) is 6.20 Å². The minimum atomic E-state index is -0.528. The molecule has 2 aromatic rings. The second-order valence-electron chi connectivity index (χ2n) is 4.07. The van der Waals surface area contributed by atoms with Gasteiger partial charge in [0.2, 0.25) is 0 Å². The van der Waals surface area contributed by atoms with Gasteiger partial charge in [-0.1, -0.05) is 12.1 Å². The summed E-state index contributed by atoms with van der Waals surface area (Å²) in [5.74, 6) is -1.06. The molecule has 1 heterocycles. The number of hydrogen-bond donors (Lipinski definition) is 1. The Balaban J connectivity index is 1.99. The summed E-state index contributed by atoms with van der Waals surface area (Å²) in [5.41, 5.74) is 2.00. The summed E-state index contributed by atoms with van der Waals surface area (Å²) in [6.45, 7) is 2.59. The SMILES string of the molecule is Cc1cccnc1CNCc1c(F)cccc1F. The molecule has 1 aromatic heterocycles. The second kappa shape index (κ2) is 5.69. The number of rotatable bonds is 4. The molecule has 2 rings (SSSR count). The first-order chi connectivity index (χ1) is 8.68. The van der Waals surface area contributed by atoms with Crippen molar-refractivity contribution < 1.29 is 8.78 Å². The number of aryl methyl sites for hydroxylation is 1. The summed E-state index contributed by atoms with van der Waals surface area (Å²) < 4.78 is 26.7. The van der Waals surface area contributed by atoms with Gasteiger partial charge >= 0.3 is 0 Å². The summed E-state index contributed by atoms with van der Waals surface area (Å²) in [5, 5.41) is 3.00. The molecule has 1 N–H and O–H groups in total. The summed E-state index contributed by atoms with van der Waals surface area (Å²) in [6, 6.07) is 7.68. The molecule has 0 radical (unpaired) electrons. The topological polar surface area (TPSA) is 24.9 Å². The Bertz CT molecular complexity index is 521. The molecule has 0 fully saturated rings. The molecule has 0 saturated carbocycles. The maximum Gasteiger partial charge on any atom is 0.130 e. The zero-order chi connectivity index (χ0) is 13.0. The molecule has 0 aliphatic rings. The average Bonchev–Trinajstić information content (AvgIpc) is 2.35. The van der Waals surface area contributed by atoms with Crippen molar-refractivity contribution in [3.05, 3.63) is 65.0 Å². The molecule has 4 heteroatoms. The minimum Gasteiger partial charge on any atom is -0.307 e. The first-order valence-electron chi connectivity index (χ1n) is 5.72. The van der Waals surface area contributed by atoms with E-state index in [4.69, 9.17) is 0 Å². The monoisotopic (exact) mass is 248 g/mol. The van der Waals surface area contributed by atoms with Crippen LogP contribution in [-0.2, 0) is 13.1 Å². The molecule has 0 spiro atoms. The van der Waals surface area contributed by atoms with Gasteiger partial charge in [-0.2, -0.15) is 0 Å². The summed E-state index contributed by atoms with van der Waals surface area (Å²) in [7, 11) is 0. The fourth-order valence-electron chi connectivity index (χ4n) is 1.71. The van der Waals surface area contributed by atoms with Gasteiger partial charge in [0.1, 0.15) is 11.6 Å². The number of nitrogens with zero attached hydrogens (tertiary/aromatic N) is 1. The van der Waals surface area contributed by atoms with Crippen LogP contribution in [0, 0.1) is 18.6 Å². The molecule has 0 aliphatic heterocycles. The molecule has 0 bridgehead atoms. The maximum absolute atomic E-state index is 13.4. The standard InChI is InChI=1S/C14H14F2N2/c1-10-4-3-7-18-14(10)9-17-8-11-12(15)5-2-6-13(11)16/h2-7,17H,8-9H2,1H3. The molecule has 0 aliphatic carbocycles. The maximum atomic E-state index is 13.4. The molecule has 0 saturated heterocycles. The summed E-state index contributed by atoms with van der Waals surface area (Å²) in [6.07, 6.45) is 1.70. The van der Waals surface area contributed by atoms with Crippen LogP contribution in [0.4, 0.5) is 8.78 Å². The molecule has 0 amide bonds. The van der Waals surface area contributed by atoms with Crippen LogP contribution < -0.4 is 5.32 Å². The third-order valence-electron chi connectivity index (χ3n) is 2.77. The van der Waals surface area contributed by atoms with E-state index in [0.717, 1.165) is 11.3 Å². The van der Waals surface area contributed by atoms with E-state index in [1.807, 2.05) is 19.1 Å². The molecular weight excluding hydrogens is 234 g/mol. The average molecular weight is 248 g/mol. The molecule has 0 unspecified atom stereocenters. The van der Waals surface area contributed by atoms with E-state index in [9.17, 15) is 8.78 Å². The van der Waals surface area contributed by atoms with Crippen LogP contribution in [0.2, 0.25) is 0 Å². The van der Waals surface area contributed by atoms with Crippen molar-refractivity contribution in [2.75, 3.05) is 0 Å². The van der Waals surface area contributed by atoms with Gasteiger partial charge in [0.15, 0.2) is 0 Å². The lowest BCUT2D eigenvalue weighted by Gasteiger charge is -2.08. The van der Waals surface area contributed by atoms with Crippen molar-refractivity contribution in [2.24, 2.45) is 0 Å². The Morgan fingerprint density at radius 1 is 1.06 bits per heavy atom. The highest BCUT2D eigenvalue weighted by Gasteiger charge is 2.07. The van der Waals surface area contributed by atoms with Crippen LogP contribution >= 0.6 is 0 Å². The Kier molecular flexibility index (Phi) is 3.99. The zero-order valence-corrected chi connectivity index (χ0v) is 10.1. The number of halogens is 2. The lowest BCUT2D eigenvalue weighted by molar-refractivity contribution is 0.534. The Morgan fingerprint density at radius 2 is 1.78 bits per heavy atom. The van der Waals surface area contributed by atoms with Gasteiger partial charge in [-0.15, -0.1) is 0 Å². The molecule has 0 atom stereocenters. The van der Waals surface area contributed by atoms with Gasteiger partial charge in [0.05, 0.1) is 5.69 Å². The van der Waals surface area contributed by atoms with Crippen LogP contribution in [0.15, 0.2) is 36.5 Å². The van der Waals surface area contributed by atoms with Crippen LogP contribution in [0.1, 0.15) is 16.8 Å². The lowest BCUT2D eigenvalue weighted by atomic mass is 10.2. The Labute approximate surface area is 105 Å². The van der Waals surface area contributed by atoms with E-state index in [0.29, 0.717) is 6.54 Å². The van der Waals surface area contributed by atoms with Crippen LogP contribution in [0.5, 0.6) is 0 Å². The highest BCUT2D eigenvalue weighted by molar-refractivity contribution is 5.20. The highest BCUT2D eigenvalue weighted by Crippen LogP contribution is 2.12. The van der Waals surface area contributed by atoms with E-state index in [2.05, 4.69) is 10.3 Å². The fourth-order valence-corrected chi connectivity index (χ4v) is 1.71.